The summed E-state index contributed by atoms with van der Waals surface area (Å²) in [5.41, 5.74) is 10.4. The maximum atomic E-state index is 12.9. The lowest BCUT2D eigenvalue weighted by atomic mass is 9.89. The molecule has 1 amide bonds. The van der Waals surface area contributed by atoms with Gasteiger partial charge in [-0.2, -0.15) is 0 Å². The molecule has 0 radical (unpaired) electrons. The number of carbonyl (C=O) groups is 2. The quantitative estimate of drug-likeness (QED) is 0.487. The Morgan fingerprint density at radius 1 is 1.12 bits per heavy atom. The van der Waals surface area contributed by atoms with Crippen molar-refractivity contribution in [2.45, 2.75) is 51.6 Å². The first-order chi connectivity index (χ1) is 16.0. The molecule has 3 rings (SSSR count). The molecule has 0 spiro atoms. The van der Waals surface area contributed by atoms with Crippen LogP contribution in [0.4, 0.5) is 5.69 Å². The van der Waals surface area contributed by atoms with Crippen molar-refractivity contribution in [3.8, 4) is 0 Å². The molecule has 1 unspecified atom stereocenters. The van der Waals surface area contributed by atoms with Crippen molar-refractivity contribution in [3.05, 3.63) is 77.4 Å². The summed E-state index contributed by atoms with van der Waals surface area (Å²) in [7, 11) is 0. The van der Waals surface area contributed by atoms with Gasteiger partial charge in [0.25, 0.3) is 0 Å². The SMILES string of the molecule is C=Cc1ccc(NC(=O)C(CN)c2ccc(COC(=O)C3CCCCC3)cc2)cc1/C=C\C. The lowest BCUT2D eigenvalue weighted by Crippen LogP contribution is -2.27. The van der Waals surface area contributed by atoms with Crippen LogP contribution in [0.5, 0.6) is 0 Å². The number of nitrogens with two attached hydrogens (primary N) is 1. The summed E-state index contributed by atoms with van der Waals surface area (Å²) in [4.78, 5) is 25.2. The number of rotatable bonds is 9. The molecule has 0 bridgehead atoms. The second-order valence-corrected chi connectivity index (χ2v) is 8.51. The molecule has 1 aliphatic rings. The van der Waals surface area contributed by atoms with Gasteiger partial charge in [0.15, 0.2) is 0 Å². The first-order valence-corrected chi connectivity index (χ1v) is 11.7. The van der Waals surface area contributed by atoms with Crippen LogP contribution < -0.4 is 11.1 Å². The zero-order valence-electron chi connectivity index (χ0n) is 19.4. The fourth-order valence-corrected chi connectivity index (χ4v) is 4.24. The highest BCUT2D eigenvalue weighted by molar-refractivity contribution is 5.96. The van der Waals surface area contributed by atoms with E-state index in [9.17, 15) is 9.59 Å². The number of hydrogen-bond donors (Lipinski definition) is 2. The standard InChI is InChI=1S/C28H34N2O3/c1-3-8-24-17-25(16-15-21(24)4-2)30-27(31)26(18-29)22-13-11-20(12-14-22)19-33-28(32)23-9-6-5-7-10-23/h3-4,8,11-17,23,26H,2,5-7,9-10,18-19,29H2,1H3,(H,30,31)/b8-3-. The molecule has 2 aromatic rings. The van der Waals surface area contributed by atoms with Gasteiger partial charge < -0.3 is 15.8 Å². The summed E-state index contributed by atoms with van der Waals surface area (Å²) in [6.07, 6.45) is 11.0. The minimum atomic E-state index is -0.479. The molecule has 1 atom stereocenters. The Bertz CT molecular complexity index is 989. The first-order valence-electron chi connectivity index (χ1n) is 11.7. The van der Waals surface area contributed by atoms with E-state index in [0.717, 1.165) is 47.9 Å². The van der Waals surface area contributed by atoms with Crippen LogP contribution in [0.1, 0.15) is 67.2 Å². The first kappa shape index (κ1) is 24.5. The van der Waals surface area contributed by atoms with E-state index in [4.69, 9.17) is 10.5 Å². The Balaban J connectivity index is 1.61. The van der Waals surface area contributed by atoms with Crippen molar-refractivity contribution in [3.63, 3.8) is 0 Å². The molecule has 0 aliphatic heterocycles. The normalized spacial score (nSPS) is 15.2. The van der Waals surface area contributed by atoms with Crippen LogP contribution >= 0.6 is 0 Å². The summed E-state index contributed by atoms with van der Waals surface area (Å²) in [6.45, 7) is 6.22. The van der Waals surface area contributed by atoms with E-state index in [-0.39, 0.29) is 30.9 Å². The van der Waals surface area contributed by atoms with Crippen LogP contribution in [0.25, 0.3) is 12.2 Å². The number of amides is 1. The zero-order chi connectivity index (χ0) is 23.6. The summed E-state index contributed by atoms with van der Waals surface area (Å²) in [5.74, 6) is -0.699. The van der Waals surface area contributed by atoms with Gasteiger partial charge >= 0.3 is 5.97 Å². The van der Waals surface area contributed by atoms with Crippen LogP contribution in [0.15, 0.2) is 55.1 Å². The molecule has 1 aliphatic carbocycles. The number of anilines is 1. The highest BCUT2D eigenvalue weighted by Gasteiger charge is 2.23. The number of ether oxygens (including phenoxy) is 1. The summed E-state index contributed by atoms with van der Waals surface area (Å²) >= 11 is 0. The topological polar surface area (TPSA) is 81.4 Å². The van der Waals surface area contributed by atoms with Crippen molar-refractivity contribution in [2.24, 2.45) is 11.7 Å². The molecule has 5 nitrogen and oxygen atoms in total. The van der Waals surface area contributed by atoms with Gasteiger partial charge in [0.2, 0.25) is 5.91 Å². The smallest absolute Gasteiger partial charge is 0.309 e. The van der Waals surface area contributed by atoms with E-state index in [1.54, 1.807) is 6.08 Å². The van der Waals surface area contributed by atoms with Gasteiger partial charge in [-0.1, -0.05) is 74.4 Å². The second-order valence-electron chi connectivity index (χ2n) is 8.51. The van der Waals surface area contributed by atoms with Gasteiger partial charge in [0.1, 0.15) is 6.61 Å². The Kier molecular flexibility index (Phi) is 9.02. The van der Waals surface area contributed by atoms with Gasteiger partial charge in [0.05, 0.1) is 11.8 Å². The number of hydrogen-bond acceptors (Lipinski definition) is 4. The van der Waals surface area contributed by atoms with Crippen molar-refractivity contribution >= 4 is 29.7 Å². The third-order valence-electron chi connectivity index (χ3n) is 6.17. The van der Waals surface area contributed by atoms with E-state index in [1.165, 1.54) is 6.42 Å². The Morgan fingerprint density at radius 3 is 2.48 bits per heavy atom. The highest BCUT2D eigenvalue weighted by atomic mass is 16.5. The lowest BCUT2D eigenvalue weighted by molar-refractivity contribution is -0.151. The predicted molar refractivity (Wildman–Crippen MR) is 134 cm³/mol. The van der Waals surface area contributed by atoms with E-state index in [1.807, 2.05) is 61.5 Å². The third kappa shape index (κ3) is 6.65. The average Bonchev–Trinajstić information content (AvgIpc) is 2.85. The van der Waals surface area contributed by atoms with Gasteiger partial charge in [-0.05, 0) is 54.2 Å². The molecule has 5 heteroatoms. The highest BCUT2D eigenvalue weighted by Crippen LogP contribution is 2.25. The van der Waals surface area contributed by atoms with E-state index < -0.39 is 5.92 Å². The van der Waals surface area contributed by atoms with Gasteiger partial charge in [-0.25, -0.2) is 0 Å². The molecular weight excluding hydrogens is 412 g/mol. The molecule has 1 fully saturated rings. The second kappa shape index (κ2) is 12.2. The number of allylic oxidation sites excluding steroid dienone is 1. The third-order valence-corrected chi connectivity index (χ3v) is 6.17. The van der Waals surface area contributed by atoms with E-state index in [2.05, 4.69) is 11.9 Å². The molecule has 1 saturated carbocycles. The van der Waals surface area contributed by atoms with Gasteiger partial charge in [-0.15, -0.1) is 0 Å². The number of esters is 1. The monoisotopic (exact) mass is 446 g/mol. The maximum absolute atomic E-state index is 12.9. The average molecular weight is 447 g/mol. The van der Waals surface area contributed by atoms with Crippen molar-refractivity contribution in [1.29, 1.82) is 0 Å². The molecule has 33 heavy (non-hydrogen) atoms. The van der Waals surface area contributed by atoms with Crippen molar-refractivity contribution < 1.29 is 14.3 Å². The Labute approximate surface area is 196 Å². The van der Waals surface area contributed by atoms with Crippen LogP contribution in [0.2, 0.25) is 0 Å². The Hall–Kier alpha value is -3.18. The van der Waals surface area contributed by atoms with Gasteiger partial charge in [0, 0.05) is 12.2 Å². The minimum absolute atomic E-state index is 0.0391. The lowest BCUT2D eigenvalue weighted by Gasteiger charge is -2.20. The molecule has 0 saturated heterocycles. The van der Waals surface area contributed by atoms with Crippen LogP contribution in [-0.2, 0) is 20.9 Å². The number of nitrogens with one attached hydrogen (secondary N) is 1. The fourth-order valence-electron chi connectivity index (χ4n) is 4.24. The van der Waals surface area contributed by atoms with Crippen LogP contribution in [0.3, 0.4) is 0 Å². The molecule has 0 aromatic heterocycles. The Morgan fingerprint density at radius 2 is 1.85 bits per heavy atom. The fraction of sp³-hybridized carbons (Fsp3) is 0.357. The molecule has 174 valence electrons. The summed E-state index contributed by atoms with van der Waals surface area (Å²) < 4.78 is 5.52. The molecular formula is C28H34N2O3. The van der Waals surface area contributed by atoms with Crippen LogP contribution in [-0.4, -0.2) is 18.4 Å². The summed E-state index contributed by atoms with van der Waals surface area (Å²) in [5, 5.41) is 2.98. The molecule has 0 heterocycles. The van der Waals surface area contributed by atoms with Crippen molar-refractivity contribution in [1.82, 2.24) is 0 Å². The van der Waals surface area contributed by atoms with Gasteiger partial charge in [-0.3, -0.25) is 9.59 Å². The zero-order valence-corrected chi connectivity index (χ0v) is 19.4. The van der Waals surface area contributed by atoms with E-state index >= 15 is 0 Å². The maximum Gasteiger partial charge on any atom is 0.309 e. The molecule has 3 N–H and O–H groups in total. The minimum Gasteiger partial charge on any atom is -0.461 e. The largest absolute Gasteiger partial charge is 0.461 e. The number of carbonyl (C=O) groups excluding carboxylic acids is 2. The predicted octanol–water partition coefficient (Wildman–Crippen LogP) is 5.67. The van der Waals surface area contributed by atoms with Crippen LogP contribution in [0, 0.1) is 5.92 Å². The van der Waals surface area contributed by atoms with Crippen molar-refractivity contribution in [2.75, 3.05) is 11.9 Å². The molecule has 2 aromatic carbocycles. The van der Waals surface area contributed by atoms with E-state index in [0.29, 0.717) is 5.69 Å². The summed E-state index contributed by atoms with van der Waals surface area (Å²) in [6, 6.07) is 13.3. The number of benzene rings is 2.